The molecule has 184 valence electrons. The minimum absolute atomic E-state index is 0.128. The van der Waals surface area contributed by atoms with E-state index >= 15 is 0 Å². The number of alkyl halides is 3. The van der Waals surface area contributed by atoms with Gasteiger partial charge in [-0.3, -0.25) is 14.4 Å². The molecule has 2 fully saturated rings. The van der Waals surface area contributed by atoms with E-state index in [1.807, 2.05) is 0 Å². The lowest BCUT2D eigenvalue weighted by Gasteiger charge is -2.38. The first-order valence-electron chi connectivity index (χ1n) is 11.3. The Hall–Kier alpha value is -4.09. The van der Waals surface area contributed by atoms with Crippen molar-refractivity contribution in [1.82, 2.24) is 20.0 Å². The molecule has 36 heavy (non-hydrogen) atoms. The number of fused-ring (bicyclic) bond motifs is 1. The Morgan fingerprint density at radius 3 is 2.56 bits per heavy atom. The number of hydrogen-bond acceptors (Lipinski definition) is 6. The lowest BCUT2D eigenvalue weighted by atomic mass is 10.0. The maximum absolute atomic E-state index is 12.9. The van der Waals surface area contributed by atoms with Crippen LogP contribution in [0.3, 0.4) is 0 Å². The number of hydrogen-bond donors (Lipinski definition) is 1. The highest BCUT2D eigenvalue weighted by molar-refractivity contribution is 5.88. The number of carbonyl (C=O) groups is 1. The highest BCUT2D eigenvalue weighted by atomic mass is 19.4. The number of nitrogens with one attached hydrogen (secondary N) is 1. The van der Waals surface area contributed by atoms with Crippen molar-refractivity contribution in [2.24, 2.45) is 18.9 Å². The summed E-state index contributed by atoms with van der Waals surface area (Å²) in [7, 11) is 1.77. The van der Waals surface area contributed by atoms with E-state index in [9.17, 15) is 23.2 Å². The van der Waals surface area contributed by atoms with Gasteiger partial charge in [0.1, 0.15) is 17.6 Å². The molecule has 2 aliphatic rings. The third-order valence-corrected chi connectivity index (χ3v) is 6.53. The first-order chi connectivity index (χ1) is 17.2. The molecule has 5 rings (SSSR count). The lowest BCUT2D eigenvalue weighted by molar-refractivity contribution is -0.137. The van der Waals surface area contributed by atoms with Gasteiger partial charge in [-0.1, -0.05) is 0 Å². The molecule has 0 radical (unpaired) electrons. The summed E-state index contributed by atoms with van der Waals surface area (Å²) >= 11 is 0. The first kappa shape index (κ1) is 23.6. The molecule has 1 N–H and O–H groups in total. The SMILES string of the molecule is Cn1cc2cc(Oc3ccc(C(F)(F)F)cc3)cc([C@@H]3C[C@H]3C(=O)NC(C#N)N3CC(C#N)C3)c2n1. The molecule has 1 saturated heterocycles. The fourth-order valence-corrected chi connectivity index (χ4v) is 4.52. The van der Waals surface area contributed by atoms with Gasteiger partial charge in [-0.2, -0.15) is 28.8 Å². The molecule has 1 aliphatic carbocycles. The maximum Gasteiger partial charge on any atom is 0.416 e. The quantitative estimate of drug-likeness (QED) is 0.557. The Bertz CT molecular complexity index is 1400. The smallest absolute Gasteiger partial charge is 0.416 e. The van der Waals surface area contributed by atoms with Gasteiger partial charge in [0, 0.05) is 37.6 Å². The number of ether oxygens (including phenoxy) is 1. The van der Waals surface area contributed by atoms with E-state index in [1.165, 1.54) is 12.1 Å². The second-order valence-electron chi connectivity index (χ2n) is 9.15. The highest BCUT2D eigenvalue weighted by Gasteiger charge is 2.46. The zero-order chi connectivity index (χ0) is 25.6. The van der Waals surface area contributed by atoms with Gasteiger partial charge in [0.15, 0.2) is 6.17 Å². The molecule has 2 heterocycles. The monoisotopic (exact) mass is 494 g/mol. The molecule has 2 aromatic carbocycles. The number of nitriles is 2. The summed E-state index contributed by atoms with van der Waals surface area (Å²) in [6, 6.07) is 12.2. The number of amides is 1. The Kier molecular flexibility index (Phi) is 5.81. The van der Waals surface area contributed by atoms with Crippen LogP contribution in [-0.4, -0.2) is 39.8 Å². The van der Waals surface area contributed by atoms with Gasteiger partial charge in [-0.15, -0.1) is 0 Å². The summed E-state index contributed by atoms with van der Waals surface area (Å²) < 4.78 is 46.1. The van der Waals surface area contributed by atoms with Gasteiger partial charge in [-0.05, 0) is 54.3 Å². The van der Waals surface area contributed by atoms with Crippen LogP contribution >= 0.6 is 0 Å². The van der Waals surface area contributed by atoms with Crippen molar-refractivity contribution in [2.45, 2.75) is 24.7 Å². The lowest BCUT2D eigenvalue weighted by Crippen LogP contribution is -2.57. The van der Waals surface area contributed by atoms with E-state index in [0.29, 0.717) is 30.8 Å². The molecule has 1 aromatic heterocycles. The molecule has 0 bridgehead atoms. The van der Waals surface area contributed by atoms with Gasteiger partial charge in [0.25, 0.3) is 0 Å². The van der Waals surface area contributed by atoms with Crippen molar-refractivity contribution in [3.63, 3.8) is 0 Å². The van der Waals surface area contributed by atoms with Crippen molar-refractivity contribution >= 4 is 16.8 Å². The van der Waals surface area contributed by atoms with Crippen molar-refractivity contribution in [3.8, 4) is 23.6 Å². The van der Waals surface area contributed by atoms with Gasteiger partial charge < -0.3 is 10.1 Å². The second kappa shape index (κ2) is 8.85. The van der Waals surface area contributed by atoms with E-state index in [4.69, 9.17) is 10.00 Å². The normalized spacial score (nSPS) is 20.7. The van der Waals surface area contributed by atoms with Crippen molar-refractivity contribution in [2.75, 3.05) is 13.1 Å². The van der Waals surface area contributed by atoms with Gasteiger partial charge in [0.05, 0.1) is 23.1 Å². The largest absolute Gasteiger partial charge is 0.457 e. The minimum Gasteiger partial charge on any atom is -0.457 e. The third kappa shape index (κ3) is 4.58. The fourth-order valence-electron chi connectivity index (χ4n) is 4.52. The number of benzene rings is 2. The Labute approximate surface area is 204 Å². The molecule has 3 aromatic rings. The van der Waals surface area contributed by atoms with Crippen LogP contribution in [0.15, 0.2) is 42.6 Å². The van der Waals surface area contributed by atoms with Crippen LogP contribution in [0.1, 0.15) is 23.5 Å². The number of nitrogens with zero attached hydrogens (tertiary/aromatic N) is 5. The van der Waals surface area contributed by atoms with Crippen molar-refractivity contribution in [1.29, 1.82) is 10.5 Å². The molecule has 3 atom stereocenters. The third-order valence-electron chi connectivity index (χ3n) is 6.53. The van der Waals surface area contributed by atoms with Crippen molar-refractivity contribution < 1.29 is 22.7 Å². The van der Waals surface area contributed by atoms with Gasteiger partial charge in [0.2, 0.25) is 5.91 Å². The number of aromatic nitrogens is 2. The van der Waals surface area contributed by atoms with Crippen LogP contribution in [0.25, 0.3) is 10.9 Å². The van der Waals surface area contributed by atoms with E-state index in [2.05, 4.69) is 22.6 Å². The number of halogens is 3. The first-order valence-corrected chi connectivity index (χ1v) is 11.3. The van der Waals surface area contributed by atoms with Gasteiger partial charge >= 0.3 is 6.18 Å². The molecule has 8 nitrogen and oxygen atoms in total. The summed E-state index contributed by atoms with van der Waals surface area (Å²) in [6.07, 6.45) is -2.84. The van der Waals surface area contributed by atoms with Crippen LogP contribution in [0.4, 0.5) is 13.2 Å². The highest BCUT2D eigenvalue weighted by Crippen LogP contribution is 2.50. The van der Waals surface area contributed by atoms with E-state index < -0.39 is 17.9 Å². The predicted octanol–water partition coefficient (Wildman–Crippen LogP) is 3.91. The Balaban J connectivity index is 1.33. The standard InChI is InChI=1S/C25H21F3N6O2/c1-33-13-15-6-18(36-17-4-2-16(3-5-17)25(26,27)28)7-20(23(15)32-33)19-8-21(19)24(35)31-22(10-30)34-11-14(9-29)12-34/h2-7,13-14,19,21-22H,8,11-12H2,1H3,(H,31,35)/t19-,21+,22?/m0/s1. The Morgan fingerprint density at radius 1 is 1.19 bits per heavy atom. The predicted molar refractivity (Wildman–Crippen MR) is 121 cm³/mol. The minimum atomic E-state index is -4.43. The summed E-state index contributed by atoms with van der Waals surface area (Å²) in [6.45, 7) is 0.891. The van der Waals surface area contributed by atoms with Crippen LogP contribution in [0, 0.1) is 34.5 Å². The number of likely N-dealkylation sites (tertiary alicyclic amines) is 1. The average Bonchev–Trinajstić information content (AvgIpc) is 3.51. The maximum atomic E-state index is 12.9. The van der Waals surface area contributed by atoms with E-state index in [0.717, 1.165) is 23.1 Å². The zero-order valence-electron chi connectivity index (χ0n) is 19.2. The number of carbonyl (C=O) groups excluding carboxylic acids is 1. The molecule has 1 aliphatic heterocycles. The molecular formula is C25H21F3N6O2. The van der Waals surface area contributed by atoms with Crippen LogP contribution < -0.4 is 10.1 Å². The van der Waals surface area contributed by atoms with E-state index in [1.54, 1.807) is 35.0 Å². The molecule has 1 saturated carbocycles. The second-order valence-corrected chi connectivity index (χ2v) is 9.15. The number of aryl methyl sites for hydroxylation is 1. The van der Waals surface area contributed by atoms with E-state index in [-0.39, 0.29) is 29.4 Å². The summed E-state index contributed by atoms with van der Waals surface area (Å²) in [5, 5.41) is 26.5. The molecule has 1 unspecified atom stereocenters. The topological polar surface area (TPSA) is 107 Å². The molecule has 0 spiro atoms. The van der Waals surface area contributed by atoms with Crippen LogP contribution in [0.2, 0.25) is 0 Å². The molecule has 1 amide bonds. The van der Waals surface area contributed by atoms with Gasteiger partial charge in [-0.25, -0.2) is 0 Å². The zero-order valence-corrected chi connectivity index (χ0v) is 19.2. The average molecular weight is 494 g/mol. The number of rotatable bonds is 6. The molecular weight excluding hydrogens is 473 g/mol. The summed E-state index contributed by atoms with van der Waals surface area (Å²) in [4.78, 5) is 14.6. The van der Waals surface area contributed by atoms with Crippen molar-refractivity contribution in [3.05, 3.63) is 53.7 Å². The summed E-state index contributed by atoms with van der Waals surface area (Å²) in [5.41, 5.74) is 0.758. The van der Waals surface area contributed by atoms with Crippen LogP contribution in [0.5, 0.6) is 11.5 Å². The molecule has 11 heteroatoms. The fraction of sp³-hybridized carbons (Fsp3) is 0.360. The van der Waals surface area contributed by atoms with Crippen LogP contribution in [-0.2, 0) is 18.0 Å². The Morgan fingerprint density at radius 2 is 1.92 bits per heavy atom. The summed E-state index contributed by atoms with van der Waals surface area (Å²) in [5.74, 6) is -0.179.